The van der Waals surface area contributed by atoms with Crippen LogP contribution in [0.5, 0.6) is 11.5 Å². The van der Waals surface area contributed by atoms with E-state index in [1.807, 2.05) is 54.6 Å². The van der Waals surface area contributed by atoms with Crippen molar-refractivity contribution < 1.29 is 23.8 Å². The topological polar surface area (TPSA) is 73.9 Å². The van der Waals surface area contributed by atoms with Crippen molar-refractivity contribution in [2.24, 2.45) is 0 Å². The van der Waals surface area contributed by atoms with Crippen molar-refractivity contribution >= 4 is 17.6 Å². The van der Waals surface area contributed by atoms with Crippen LogP contribution in [0.25, 0.3) is 0 Å². The number of carbonyl (C=O) groups excluding carboxylic acids is 2. The lowest BCUT2D eigenvalue weighted by atomic mass is 10.0. The average molecular weight is 431 g/mol. The van der Waals surface area contributed by atoms with Gasteiger partial charge in [-0.2, -0.15) is 0 Å². The second kappa shape index (κ2) is 11.4. The molecule has 0 bridgehead atoms. The molecule has 6 nitrogen and oxygen atoms in total. The van der Waals surface area contributed by atoms with Crippen molar-refractivity contribution in [2.75, 3.05) is 25.6 Å². The Morgan fingerprint density at radius 3 is 2.47 bits per heavy atom. The molecule has 0 saturated carbocycles. The minimum absolute atomic E-state index is 0.255. The first-order valence-electron chi connectivity index (χ1n) is 10.1. The summed E-state index contributed by atoms with van der Waals surface area (Å²) in [5, 5.41) is 2.82. The van der Waals surface area contributed by atoms with E-state index in [-0.39, 0.29) is 5.56 Å². The smallest absolute Gasteiger partial charge is 0.338 e. The first-order chi connectivity index (χ1) is 15.6. The average Bonchev–Trinajstić information content (AvgIpc) is 2.83. The van der Waals surface area contributed by atoms with Crippen molar-refractivity contribution in [3.63, 3.8) is 0 Å². The largest absolute Gasteiger partial charge is 0.493 e. The molecule has 0 unspecified atom stereocenters. The molecule has 1 amide bonds. The Balaban J connectivity index is 1.59. The fourth-order valence-corrected chi connectivity index (χ4v) is 3.08. The lowest BCUT2D eigenvalue weighted by Gasteiger charge is -2.12. The number of hydrogen-bond acceptors (Lipinski definition) is 5. The fraction of sp³-hybridized carbons (Fsp3) is 0.154. The molecule has 0 spiro atoms. The number of esters is 1. The van der Waals surface area contributed by atoms with Crippen LogP contribution in [0.3, 0.4) is 0 Å². The summed E-state index contributed by atoms with van der Waals surface area (Å²) in [6.07, 6.45) is 2.29. The number of anilines is 1. The molecule has 1 N–H and O–H groups in total. The van der Waals surface area contributed by atoms with Crippen LogP contribution in [0, 0.1) is 0 Å². The molecular weight excluding hydrogens is 406 g/mol. The number of hydrogen-bond donors (Lipinski definition) is 1. The number of para-hydroxylation sites is 1. The zero-order valence-corrected chi connectivity index (χ0v) is 17.9. The zero-order chi connectivity index (χ0) is 22.8. The molecule has 0 heterocycles. The standard InChI is InChI=1S/C26H25NO5/c1-3-15-31-23-14-13-21(17-24(23)30-2)26(29)32-18-25(28)27-22-12-8-7-11-20(22)16-19-9-5-4-6-10-19/h3-14,17H,1,15-16,18H2,2H3,(H,27,28). The van der Waals surface area contributed by atoms with Gasteiger partial charge in [0.25, 0.3) is 5.91 Å². The summed E-state index contributed by atoms with van der Waals surface area (Å²) in [5.41, 5.74) is 3.04. The molecule has 0 atom stereocenters. The van der Waals surface area contributed by atoms with Gasteiger partial charge in [-0.15, -0.1) is 0 Å². The van der Waals surface area contributed by atoms with Gasteiger partial charge in [-0.1, -0.05) is 61.2 Å². The third-order valence-corrected chi connectivity index (χ3v) is 4.62. The van der Waals surface area contributed by atoms with E-state index >= 15 is 0 Å². The van der Waals surface area contributed by atoms with Crippen molar-refractivity contribution in [2.45, 2.75) is 6.42 Å². The van der Waals surface area contributed by atoms with E-state index in [0.717, 1.165) is 11.1 Å². The van der Waals surface area contributed by atoms with Crippen LogP contribution in [-0.4, -0.2) is 32.2 Å². The lowest BCUT2D eigenvalue weighted by molar-refractivity contribution is -0.119. The molecular formula is C26H25NO5. The number of nitrogens with one attached hydrogen (secondary N) is 1. The number of methoxy groups -OCH3 is 1. The monoisotopic (exact) mass is 431 g/mol. The molecule has 3 aromatic rings. The normalized spacial score (nSPS) is 10.2. The van der Waals surface area contributed by atoms with Crippen LogP contribution < -0.4 is 14.8 Å². The number of amides is 1. The molecule has 3 aromatic carbocycles. The maximum Gasteiger partial charge on any atom is 0.338 e. The first kappa shape index (κ1) is 22.6. The Hall–Kier alpha value is -4.06. The van der Waals surface area contributed by atoms with Crippen molar-refractivity contribution in [3.8, 4) is 11.5 Å². The van der Waals surface area contributed by atoms with Crippen LogP contribution in [0.2, 0.25) is 0 Å². The number of ether oxygens (including phenoxy) is 3. The molecule has 3 rings (SSSR count). The van der Waals surface area contributed by atoms with E-state index in [1.165, 1.54) is 13.2 Å². The SMILES string of the molecule is C=CCOc1ccc(C(=O)OCC(=O)Nc2ccccc2Cc2ccccc2)cc1OC. The summed E-state index contributed by atoms with van der Waals surface area (Å²) >= 11 is 0. The van der Waals surface area contributed by atoms with Gasteiger partial charge in [-0.25, -0.2) is 4.79 Å². The van der Waals surface area contributed by atoms with Crippen LogP contribution in [0.4, 0.5) is 5.69 Å². The Bertz CT molecular complexity index is 1080. The molecule has 0 fully saturated rings. The van der Waals surface area contributed by atoms with Crippen LogP contribution in [0.1, 0.15) is 21.5 Å². The first-order valence-corrected chi connectivity index (χ1v) is 10.1. The maximum absolute atomic E-state index is 12.4. The molecule has 6 heteroatoms. The third kappa shape index (κ3) is 6.22. The van der Waals surface area contributed by atoms with Gasteiger partial charge in [0.1, 0.15) is 6.61 Å². The predicted molar refractivity (Wildman–Crippen MR) is 123 cm³/mol. The fourth-order valence-electron chi connectivity index (χ4n) is 3.08. The lowest BCUT2D eigenvalue weighted by Crippen LogP contribution is -2.21. The Morgan fingerprint density at radius 2 is 1.72 bits per heavy atom. The van der Waals surface area contributed by atoms with Crippen molar-refractivity contribution in [1.82, 2.24) is 0 Å². The highest BCUT2D eigenvalue weighted by atomic mass is 16.5. The minimum Gasteiger partial charge on any atom is -0.493 e. The van der Waals surface area contributed by atoms with E-state index < -0.39 is 18.5 Å². The molecule has 0 aliphatic carbocycles. The quantitative estimate of drug-likeness (QED) is 0.374. The van der Waals surface area contributed by atoms with Gasteiger partial charge in [-0.3, -0.25) is 4.79 Å². The Kier molecular flexibility index (Phi) is 8.03. The van der Waals surface area contributed by atoms with Gasteiger partial charge in [0.2, 0.25) is 0 Å². The van der Waals surface area contributed by atoms with Gasteiger partial charge >= 0.3 is 5.97 Å². The summed E-state index contributed by atoms with van der Waals surface area (Å²) in [4.78, 5) is 24.8. The molecule has 32 heavy (non-hydrogen) atoms. The highest BCUT2D eigenvalue weighted by Gasteiger charge is 2.15. The van der Waals surface area contributed by atoms with Gasteiger partial charge in [0, 0.05) is 5.69 Å². The second-order valence-electron chi connectivity index (χ2n) is 6.91. The van der Waals surface area contributed by atoms with Crippen LogP contribution >= 0.6 is 0 Å². The zero-order valence-electron chi connectivity index (χ0n) is 17.9. The highest BCUT2D eigenvalue weighted by Crippen LogP contribution is 2.28. The Morgan fingerprint density at radius 1 is 0.969 bits per heavy atom. The van der Waals surface area contributed by atoms with Crippen LogP contribution in [0.15, 0.2) is 85.5 Å². The number of rotatable bonds is 10. The van der Waals surface area contributed by atoms with Crippen molar-refractivity contribution in [3.05, 3.63) is 102 Å². The summed E-state index contributed by atoms with van der Waals surface area (Å²) < 4.78 is 15.9. The molecule has 0 saturated heterocycles. The van der Waals surface area contributed by atoms with E-state index in [4.69, 9.17) is 14.2 Å². The number of benzene rings is 3. The molecule has 0 aromatic heterocycles. The summed E-state index contributed by atoms with van der Waals surface area (Å²) in [5.74, 6) is -0.180. The maximum atomic E-state index is 12.4. The minimum atomic E-state index is -0.633. The molecule has 164 valence electrons. The highest BCUT2D eigenvalue weighted by molar-refractivity contribution is 5.96. The van der Waals surface area contributed by atoms with Gasteiger partial charge in [-0.05, 0) is 41.8 Å². The van der Waals surface area contributed by atoms with E-state index in [9.17, 15) is 9.59 Å². The van der Waals surface area contributed by atoms with Crippen molar-refractivity contribution in [1.29, 1.82) is 0 Å². The molecule has 0 aliphatic rings. The van der Waals surface area contributed by atoms with E-state index in [2.05, 4.69) is 11.9 Å². The van der Waals surface area contributed by atoms with Gasteiger partial charge in [0.05, 0.1) is 12.7 Å². The third-order valence-electron chi connectivity index (χ3n) is 4.62. The van der Waals surface area contributed by atoms with Gasteiger partial charge < -0.3 is 19.5 Å². The van der Waals surface area contributed by atoms with Gasteiger partial charge in [0.15, 0.2) is 18.1 Å². The second-order valence-corrected chi connectivity index (χ2v) is 6.91. The summed E-state index contributed by atoms with van der Waals surface area (Å²) in [6.45, 7) is 3.50. The predicted octanol–water partition coefficient (Wildman–Crippen LogP) is 4.65. The van der Waals surface area contributed by atoms with E-state index in [0.29, 0.717) is 30.2 Å². The van der Waals surface area contributed by atoms with Crippen LogP contribution in [-0.2, 0) is 16.0 Å². The summed E-state index contributed by atoms with van der Waals surface area (Å²) in [7, 11) is 1.48. The molecule has 0 aliphatic heterocycles. The Labute approximate surface area is 187 Å². The number of carbonyl (C=O) groups is 2. The van der Waals surface area contributed by atoms with E-state index in [1.54, 1.807) is 18.2 Å². The molecule has 0 radical (unpaired) electrons. The summed E-state index contributed by atoms with van der Waals surface area (Å²) in [6, 6.07) is 22.2.